The van der Waals surface area contributed by atoms with Crippen molar-refractivity contribution in [3.63, 3.8) is 0 Å². The number of nitrogens with two attached hydrogens (primary N) is 1. The van der Waals surface area contributed by atoms with Gasteiger partial charge in [-0.2, -0.15) is 0 Å². The van der Waals surface area contributed by atoms with Crippen LogP contribution in [0.1, 0.15) is 32.5 Å². The summed E-state index contributed by atoms with van der Waals surface area (Å²) in [6.07, 6.45) is 1.28. The molecule has 0 bridgehead atoms. The molecular weight excluding hydrogens is 391 g/mol. The van der Waals surface area contributed by atoms with Crippen LogP contribution in [0.5, 0.6) is 0 Å². The van der Waals surface area contributed by atoms with Gasteiger partial charge in [0, 0.05) is 16.8 Å². The number of furan rings is 1. The number of carbonyl (C=O) groups excluding carboxylic acids is 3. The predicted molar refractivity (Wildman–Crippen MR) is 104 cm³/mol. The van der Waals surface area contributed by atoms with Gasteiger partial charge < -0.3 is 15.3 Å². The van der Waals surface area contributed by atoms with Gasteiger partial charge in [-0.05, 0) is 42.5 Å². The molecule has 2 amide bonds. The van der Waals surface area contributed by atoms with E-state index in [1.807, 2.05) is 0 Å². The van der Waals surface area contributed by atoms with E-state index in [9.17, 15) is 23.9 Å². The summed E-state index contributed by atoms with van der Waals surface area (Å²) in [5.74, 6) is -3.84. The van der Waals surface area contributed by atoms with Crippen LogP contribution in [0.4, 0.5) is 10.1 Å². The lowest BCUT2D eigenvalue weighted by molar-refractivity contribution is -0.117. The van der Waals surface area contributed by atoms with Crippen molar-refractivity contribution in [3.05, 3.63) is 101 Å². The van der Waals surface area contributed by atoms with Gasteiger partial charge in [-0.3, -0.25) is 19.3 Å². The molecule has 0 unspecified atom stereocenters. The Kier molecular flexibility index (Phi) is 4.67. The lowest BCUT2D eigenvalue weighted by Crippen LogP contribution is -2.31. The highest BCUT2D eigenvalue weighted by molar-refractivity contribution is 6.20. The lowest BCUT2D eigenvalue weighted by Gasteiger charge is -2.27. The smallest absolute Gasteiger partial charge is 0.294 e. The molecule has 0 aliphatic carbocycles. The lowest BCUT2D eigenvalue weighted by atomic mass is 9.94. The first-order valence-corrected chi connectivity index (χ1v) is 8.89. The Hall–Kier alpha value is -4.20. The minimum absolute atomic E-state index is 0.0174. The van der Waals surface area contributed by atoms with Gasteiger partial charge in [-0.1, -0.05) is 18.2 Å². The predicted octanol–water partition coefficient (Wildman–Crippen LogP) is 3.30. The van der Waals surface area contributed by atoms with Crippen LogP contribution in [0.25, 0.3) is 0 Å². The van der Waals surface area contributed by atoms with Crippen molar-refractivity contribution in [3.8, 4) is 0 Å². The first-order chi connectivity index (χ1) is 14.4. The molecule has 3 aromatic rings. The van der Waals surface area contributed by atoms with E-state index in [0.717, 1.165) is 4.90 Å². The Labute approximate surface area is 169 Å². The first-order valence-electron chi connectivity index (χ1n) is 8.89. The van der Waals surface area contributed by atoms with Crippen molar-refractivity contribution in [1.29, 1.82) is 0 Å². The number of hydrogen-bond donors (Lipinski definition) is 2. The van der Waals surface area contributed by atoms with Crippen LogP contribution >= 0.6 is 0 Å². The van der Waals surface area contributed by atoms with E-state index in [1.165, 1.54) is 60.9 Å². The molecule has 2 aromatic carbocycles. The Balaban J connectivity index is 1.88. The van der Waals surface area contributed by atoms with E-state index in [2.05, 4.69) is 0 Å². The topological polar surface area (TPSA) is 114 Å². The maximum atomic E-state index is 14.7. The second-order valence-corrected chi connectivity index (χ2v) is 6.58. The summed E-state index contributed by atoms with van der Waals surface area (Å²) in [5, 5.41) is 10.6. The fourth-order valence-corrected chi connectivity index (χ4v) is 3.42. The second-order valence-electron chi connectivity index (χ2n) is 6.58. The van der Waals surface area contributed by atoms with Crippen molar-refractivity contribution >= 4 is 23.3 Å². The number of ketones is 1. The number of aliphatic hydroxyl groups is 1. The zero-order valence-electron chi connectivity index (χ0n) is 15.4. The summed E-state index contributed by atoms with van der Waals surface area (Å²) in [6, 6.07) is 12.9. The standard InChI is InChI=1S/C22H15FN2O5/c23-15-5-2-1-4-14(15)18-17(19(26)16-6-3-11-30-16)20(27)22(29)25(18)13-9-7-12(8-10-13)21(24)28/h1-11,18,27H,(H2,24,28)/t18-/m0/s1. The molecule has 4 rings (SSSR count). The number of carbonyl (C=O) groups is 3. The number of hydrogen-bond acceptors (Lipinski definition) is 5. The minimum atomic E-state index is -1.24. The van der Waals surface area contributed by atoms with Crippen LogP contribution in [0.3, 0.4) is 0 Å². The van der Waals surface area contributed by atoms with Crippen molar-refractivity contribution < 1.29 is 28.3 Å². The third kappa shape index (κ3) is 3.04. The second kappa shape index (κ2) is 7.32. The number of aliphatic hydroxyl groups excluding tert-OH is 1. The number of amides is 2. The average Bonchev–Trinajstić information content (AvgIpc) is 3.36. The molecule has 0 saturated heterocycles. The minimum Gasteiger partial charge on any atom is -0.503 e. The summed E-state index contributed by atoms with van der Waals surface area (Å²) < 4.78 is 19.8. The Morgan fingerprint density at radius 2 is 1.73 bits per heavy atom. The number of rotatable bonds is 5. The zero-order chi connectivity index (χ0) is 21.4. The Morgan fingerprint density at radius 3 is 2.33 bits per heavy atom. The van der Waals surface area contributed by atoms with Gasteiger partial charge in [0.2, 0.25) is 11.7 Å². The monoisotopic (exact) mass is 406 g/mol. The third-order valence-electron chi connectivity index (χ3n) is 4.83. The molecule has 0 radical (unpaired) electrons. The average molecular weight is 406 g/mol. The number of benzene rings is 2. The van der Waals surface area contributed by atoms with Gasteiger partial charge in [-0.25, -0.2) is 4.39 Å². The van der Waals surface area contributed by atoms with Gasteiger partial charge in [0.25, 0.3) is 5.91 Å². The largest absolute Gasteiger partial charge is 0.503 e. The normalized spacial score (nSPS) is 16.2. The van der Waals surface area contributed by atoms with Crippen LogP contribution in [0.2, 0.25) is 0 Å². The summed E-state index contributed by atoms with van der Waals surface area (Å²) in [5.41, 5.74) is 5.41. The molecule has 0 spiro atoms. The number of anilines is 1. The van der Waals surface area contributed by atoms with Crippen molar-refractivity contribution in [2.45, 2.75) is 6.04 Å². The van der Waals surface area contributed by atoms with Crippen LogP contribution in [0, 0.1) is 5.82 Å². The van der Waals surface area contributed by atoms with Crippen LogP contribution in [-0.2, 0) is 4.79 Å². The fourth-order valence-electron chi connectivity index (χ4n) is 3.42. The van der Waals surface area contributed by atoms with E-state index in [-0.39, 0.29) is 28.1 Å². The van der Waals surface area contributed by atoms with E-state index in [0.29, 0.717) is 0 Å². The highest BCUT2D eigenvalue weighted by Crippen LogP contribution is 2.42. The van der Waals surface area contributed by atoms with Gasteiger partial charge in [0.1, 0.15) is 5.82 Å². The molecule has 1 aliphatic rings. The molecule has 7 nitrogen and oxygen atoms in total. The molecule has 1 atom stereocenters. The molecular formula is C22H15FN2O5. The Bertz CT molecular complexity index is 1180. The molecule has 30 heavy (non-hydrogen) atoms. The number of Topliss-reactive ketones (excluding diaryl/α,β-unsaturated/α-hetero) is 1. The Morgan fingerprint density at radius 1 is 1.03 bits per heavy atom. The molecule has 0 fully saturated rings. The van der Waals surface area contributed by atoms with Crippen molar-refractivity contribution in [2.24, 2.45) is 5.73 Å². The number of halogens is 1. The highest BCUT2D eigenvalue weighted by Gasteiger charge is 2.46. The SMILES string of the molecule is NC(=O)c1ccc(N2C(=O)C(O)=C(C(=O)c3ccco3)[C@@H]2c2ccccc2F)cc1. The van der Waals surface area contributed by atoms with Gasteiger partial charge in [0.05, 0.1) is 17.9 Å². The first kappa shape index (κ1) is 19.1. The quantitative estimate of drug-likeness (QED) is 0.631. The molecule has 150 valence electrons. The van der Waals surface area contributed by atoms with E-state index >= 15 is 0 Å². The summed E-state index contributed by atoms with van der Waals surface area (Å²) in [6.45, 7) is 0. The maximum absolute atomic E-state index is 14.7. The molecule has 2 heterocycles. The summed E-state index contributed by atoms with van der Waals surface area (Å²) >= 11 is 0. The molecule has 3 N–H and O–H groups in total. The molecule has 0 saturated carbocycles. The number of nitrogens with zero attached hydrogens (tertiary/aromatic N) is 1. The third-order valence-corrected chi connectivity index (χ3v) is 4.83. The zero-order valence-corrected chi connectivity index (χ0v) is 15.4. The highest BCUT2D eigenvalue weighted by atomic mass is 19.1. The van der Waals surface area contributed by atoms with Crippen LogP contribution < -0.4 is 10.6 Å². The van der Waals surface area contributed by atoms with E-state index < -0.39 is 35.2 Å². The van der Waals surface area contributed by atoms with Crippen LogP contribution in [0.15, 0.2) is 82.7 Å². The molecule has 1 aromatic heterocycles. The number of primary amides is 1. The van der Waals surface area contributed by atoms with Crippen LogP contribution in [-0.4, -0.2) is 22.7 Å². The van der Waals surface area contributed by atoms with Gasteiger partial charge in [-0.15, -0.1) is 0 Å². The van der Waals surface area contributed by atoms with E-state index in [4.69, 9.17) is 10.2 Å². The van der Waals surface area contributed by atoms with Gasteiger partial charge >= 0.3 is 0 Å². The molecule has 1 aliphatic heterocycles. The summed E-state index contributed by atoms with van der Waals surface area (Å²) in [7, 11) is 0. The van der Waals surface area contributed by atoms with Gasteiger partial charge in [0.15, 0.2) is 11.5 Å². The summed E-state index contributed by atoms with van der Waals surface area (Å²) in [4.78, 5) is 38.4. The van der Waals surface area contributed by atoms with E-state index in [1.54, 1.807) is 6.07 Å². The van der Waals surface area contributed by atoms with Crippen molar-refractivity contribution in [1.82, 2.24) is 0 Å². The molecule has 8 heteroatoms. The van der Waals surface area contributed by atoms with Crippen molar-refractivity contribution in [2.75, 3.05) is 4.90 Å². The fraction of sp³-hybridized carbons (Fsp3) is 0.0455. The maximum Gasteiger partial charge on any atom is 0.294 e.